The predicted octanol–water partition coefficient (Wildman–Crippen LogP) is 4.38. The standard InChI is InChI=1S/C24H30NO8PS2/c1-4-16-32-34(27,33-17-5-2)24(25-35(28,29)6-3)18-22(23(26)20-14-10-11-15-21(20)24)36(30,31)19-12-8-7-9-13-19/h7-15,18,25H,4-6,16-17H2,1-3H3. The first-order valence-electron chi connectivity index (χ1n) is 11.6. The van der Waals surface area contributed by atoms with Crippen LogP contribution in [0.25, 0.3) is 0 Å². The summed E-state index contributed by atoms with van der Waals surface area (Å²) in [6.45, 7) is 4.81. The van der Waals surface area contributed by atoms with Crippen LogP contribution in [-0.2, 0) is 38.8 Å². The van der Waals surface area contributed by atoms with Gasteiger partial charge in [0.15, 0.2) is 5.28 Å². The molecule has 1 unspecified atom stereocenters. The van der Waals surface area contributed by atoms with Gasteiger partial charge in [-0.1, -0.05) is 56.3 Å². The Morgan fingerprint density at radius 2 is 1.42 bits per heavy atom. The van der Waals surface area contributed by atoms with Gasteiger partial charge in [-0.15, -0.1) is 0 Å². The van der Waals surface area contributed by atoms with E-state index in [0.29, 0.717) is 12.8 Å². The summed E-state index contributed by atoms with van der Waals surface area (Å²) in [4.78, 5) is 12.6. The molecule has 9 nitrogen and oxygen atoms in total. The number of rotatable bonds is 12. The number of sulfonamides is 1. The van der Waals surface area contributed by atoms with Crippen molar-refractivity contribution in [2.75, 3.05) is 19.0 Å². The van der Waals surface area contributed by atoms with Crippen LogP contribution in [0.3, 0.4) is 0 Å². The zero-order valence-corrected chi connectivity index (χ0v) is 22.9. The molecule has 0 amide bonds. The summed E-state index contributed by atoms with van der Waals surface area (Å²) in [6, 6.07) is 13.1. The highest BCUT2D eigenvalue weighted by molar-refractivity contribution is 7.96. The van der Waals surface area contributed by atoms with E-state index < -0.39 is 49.2 Å². The lowest BCUT2D eigenvalue weighted by atomic mass is 9.92. The van der Waals surface area contributed by atoms with E-state index in [1.165, 1.54) is 55.5 Å². The van der Waals surface area contributed by atoms with Crippen molar-refractivity contribution in [3.63, 3.8) is 0 Å². The summed E-state index contributed by atoms with van der Waals surface area (Å²) in [6.07, 6.45) is 1.75. The second-order valence-electron chi connectivity index (χ2n) is 8.14. The summed E-state index contributed by atoms with van der Waals surface area (Å²) >= 11 is 0. The Morgan fingerprint density at radius 3 is 1.97 bits per heavy atom. The van der Waals surface area contributed by atoms with Crippen molar-refractivity contribution in [3.8, 4) is 0 Å². The van der Waals surface area contributed by atoms with Crippen LogP contribution >= 0.6 is 7.60 Å². The molecule has 0 bridgehead atoms. The first kappa shape index (κ1) is 28.4. The van der Waals surface area contributed by atoms with Crippen LogP contribution in [0.1, 0.15) is 49.5 Å². The van der Waals surface area contributed by atoms with Crippen molar-refractivity contribution in [3.05, 3.63) is 76.7 Å². The van der Waals surface area contributed by atoms with Gasteiger partial charge in [-0.05, 0) is 38.0 Å². The van der Waals surface area contributed by atoms with E-state index in [1.807, 2.05) is 0 Å². The molecule has 0 heterocycles. The molecule has 3 rings (SSSR count). The molecular formula is C24H30NO8PS2. The molecule has 0 aliphatic heterocycles. The second-order valence-corrected chi connectivity index (χ2v) is 14.3. The third-order valence-corrected chi connectivity index (χ3v) is 11.3. The van der Waals surface area contributed by atoms with Gasteiger partial charge in [-0.25, -0.2) is 16.8 Å². The van der Waals surface area contributed by atoms with E-state index in [-0.39, 0.29) is 29.2 Å². The van der Waals surface area contributed by atoms with Crippen molar-refractivity contribution in [2.24, 2.45) is 0 Å². The lowest BCUT2D eigenvalue weighted by molar-refractivity contribution is 0.103. The van der Waals surface area contributed by atoms with Gasteiger partial charge in [-0.3, -0.25) is 9.36 Å². The topological polar surface area (TPSA) is 133 Å². The quantitative estimate of drug-likeness (QED) is 0.382. The number of hydrogen-bond donors (Lipinski definition) is 1. The van der Waals surface area contributed by atoms with Crippen LogP contribution in [0.15, 0.2) is 70.5 Å². The first-order chi connectivity index (χ1) is 17.0. The second kappa shape index (κ2) is 11.1. The van der Waals surface area contributed by atoms with Gasteiger partial charge >= 0.3 is 7.60 Å². The fourth-order valence-electron chi connectivity index (χ4n) is 3.75. The molecule has 36 heavy (non-hydrogen) atoms. The Balaban J connectivity index is 2.46. The van der Waals surface area contributed by atoms with E-state index in [4.69, 9.17) is 9.05 Å². The van der Waals surface area contributed by atoms with Crippen LogP contribution in [0.2, 0.25) is 0 Å². The summed E-state index contributed by atoms with van der Waals surface area (Å²) in [5.41, 5.74) is -0.122. The number of nitrogens with one attached hydrogen (secondary N) is 1. The molecule has 2 aromatic rings. The summed E-state index contributed by atoms with van der Waals surface area (Å²) in [7, 11) is -13.1. The fourth-order valence-corrected chi connectivity index (χ4v) is 9.04. The number of benzene rings is 2. The molecule has 1 atom stereocenters. The lowest BCUT2D eigenvalue weighted by Gasteiger charge is -2.40. The maximum Gasteiger partial charge on any atom is 0.360 e. The summed E-state index contributed by atoms with van der Waals surface area (Å²) in [5, 5.41) is -2.30. The number of carbonyl (C=O) groups is 1. The number of sulfone groups is 1. The van der Waals surface area contributed by atoms with Gasteiger partial charge in [0.2, 0.25) is 25.6 Å². The maximum absolute atomic E-state index is 14.6. The number of Topliss-reactive ketones (excluding diaryl/α,β-unsaturated/α-hetero) is 1. The Kier molecular flexibility index (Phi) is 8.75. The minimum atomic E-state index is -4.51. The molecule has 0 saturated carbocycles. The molecule has 1 aliphatic carbocycles. The minimum absolute atomic E-state index is 0.00502. The first-order valence-corrected chi connectivity index (χ1v) is 16.2. The van der Waals surface area contributed by atoms with Crippen LogP contribution in [0, 0.1) is 0 Å². The van der Waals surface area contributed by atoms with Gasteiger partial charge in [0, 0.05) is 11.1 Å². The molecule has 1 aliphatic rings. The van der Waals surface area contributed by atoms with Gasteiger partial charge in [0.25, 0.3) is 0 Å². The van der Waals surface area contributed by atoms with Crippen molar-refractivity contribution in [1.29, 1.82) is 0 Å². The maximum atomic E-state index is 14.6. The van der Waals surface area contributed by atoms with Crippen LogP contribution < -0.4 is 4.72 Å². The van der Waals surface area contributed by atoms with Crippen molar-refractivity contribution >= 4 is 33.2 Å². The lowest BCUT2D eigenvalue weighted by Crippen LogP contribution is -2.49. The van der Waals surface area contributed by atoms with Crippen LogP contribution in [0.4, 0.5) is 0 Å². The average molecular weight is 556 g/mol. The third-order valence-electron chi connectivity index (χ3n) is 5.54. The highest BCUT2D eigenvalue weighted by atomic mass is 32.2. The number of carbonyl (C=O) groups excluding carboxylic acids is 1. The highest BCUT2D eigenvalue weighted by Gasteiger charge is 2.58. The SMILES string of the molecule is CCCOP(=O)(OCCC)C1(NS(=O)(=O)CC)C=C(S(=O)(=O)c2ccccc2)C(=O)c2ccccc21. The third kappa shape index (κ3) is 5.27. The molecule has 2 aromatic carbocycles. The molecule has 0 aromatic heterocycles. The van der Waals surface area contributed by atoms with Crippen molar-refractivity contribution < 1.29 is 35.2 Å². The van der Waals surface area contributed by atoms with Gasteiger partial charge in [0.1, 0.15) is 4.91 Å². The highest BCUT2D eigenvalue weighted by Crippen LogP contribution is 2.66. The fraction of sp³-hybridized carbons (Fsp3) is 0.375. The average Bonchev–Trinajstić information content (AvgIpc) is 2.88. The Labute approximate surface area is 212 Å². The zero-order chi connectivity index (χ0) is 26.6. The van der Waals surface area contributed by atoms with Crippen LogP contribution in [-0.4, -0.2) is 41.6 Å². The molecule has 0 radical (unpaired) electrons. The Bertz CT molecular complexity index is 1390. The molecular weight excluding hydrogens is 525 g/mol. The van der Waals surface area contributed by atoms with Crippen molar-refractivity contribution in [1.82, 2.24) is 4.72 Å². The Morgan fingerprint density at radius 1 is 0.861 bits per heavy atom. The van der Waals surface area contributed by atoms with E-state index in [9.17, 15) is 26.2 Å². The smallest absolute Gasteiger partial charge is 0.307 e. The van der Waals surface area contributed by atoms with Crippen molar-refractivity contribution in [2.45, 2.75) is 43.8 Å². The van der Waals surface area contributed by atoms with E-state index in [0.717, 1.165) is 6.08 Å². The number of allylic oxidation sites excluding steroid dienone is 1. The monoisotopic (exact) mass is 555 g/mol. The summed E-state index contributed by atoms with van der Waals surface area (Å²) in [5.74, 6) is -1.25. The molecule has 12 heteroatoms. The van der Waals surface area contributed by atoms with Gasteiger partial charge in [0.05, 0.1) is 23.9 Å². The number of hydrogen-bond acceptors (Lipinski definition) is 8. The minimum Gasteiger partial charge on any atom is -0.307 e. The molecule has 0 spiro atoms. The molecule has 196 valence electrons. The molecule has 0 fully saturated rings. The largest absolute Gasteiger partial charge is 0.360 e. The zero-order valence-electron chi connectivity index (χ0n) is 20.3. The van der Waals surface area contributed by atoms with E-state index >= 15 is 0 Å². The van der Waals surface area contributed by atoms with Crippen LogP contribution in [0.5, 0.6) is 0 Å². The number of ketones is 1. The Hall–Kier alpha value is -2.14. The number of fused-ring (bicyclic) bond motifs is 1. The molecule has 0 saturated heterocycles. The predicted molar refractivity (Wildman–Crippen MR) is 137 cm³/mol. The van der Waals surface area contributed by atoms with E-state index in [2.05, 4.69) is 4.72 Å². The van der Waals surface area contributed by atoms with Gasteiger partial charge < -0.3 is 9.05 Å². The van der Waals surface area contributed by atoms with Gasteiger partial charge in [-0.2, -0.15) is 4.72 Å². The summed E-state index contributed by atoms with van der Waals surface area (Å²) < 4.78 is 81.7. The normalized spacial score (nSPS) is 18.5. The molecule has 1 N–H and O–H groups in total. The van der Waals surface area contributed by atoms with E-state index in [1.54, 1.807) is 19.9 Å².